The second-order valence-corrected chi connectivity index (χ2v) is 8.64. The van der Waals surface area contributed by atoms with Crippen LogP contribution in [-0.4, -0.2) is 18.4 Å². The number of anilines is 2. The Kier molecular flexibility index (Phi) is 8.72. The van der Waals surface area contributed by atoms with Gasteiger partial charge in [0, 0.05) is 8.59 Å². The Balaban J connectivity index is 1.60. The third-order valence-electron chi connectivity index (χ3n) is 4.25. The van der Waals surface area contributed by atoms with Crippen LogP contribution in [0, 0.1) is 14.9 Å². The number of nitrogens with one attached hydrogen (secondary N) is 2. The summed E-state index contributed by atoms with van der Waals surface area (Å²) in [6, 6.07) is 20.6. The fourth-order valence-electron chi connectivity index (χ4n) is 2.66. The van der Waals surface area contributed by atoms with Crippen LogP contribution in [0.2, 0.25) is 10.0 Å². The van der Waals surface area contributed by atoms with Gasteiger partial charge in [0.05, 0.1) is 16.4 Å². The van der Waals surface area contributed by atoms with Gasteiger partial charge in [-0.3, -0.25) is 9.59 Å². The van der Waals surface area contributed by atoms with Crippen molar-refractivity contribution in [3.05, 3.63) is 91.5 Å². The molecule has 0 saturated carbocycles. The van der Waals surface area contributed by atoms with Crippen LogP contribution in [0.1, 0.15) is 5.56 Å². The highest BCUT2D eigenvalue weighted by Crippen LogP contribution is 2.26. The molecule has 0 aliphatic carbocycles. The Labute approximate surface area is 214 Å². The minimum absolute atomic E-state index is 0.114. The van der Waals surface area contributed by atoms with Crippen LogP contribution in [0.15, 0.2) is 72.3 Å². The van der Waals surface area contributed by atoms with Crippen LogP contribution in [0.3, 0.4) is 0 Å². The number of hydrogen-bond acceptors (Lipinski definition) is 4. The highest BCUT2D eigenvalue weighted by molar-refractivity contribution is 14.1. The Hall–Kier alpha value is -3.06. The maximum atomic E-state index is 12.5. The van der Waals surface area contributed by atoms with E-state index in [1.54, 1.807) is 36.4 Å². The molecule has 0 aromatic heterocycles. The average molecular weight is 592 g/mol. The van der Waals surface area contributed by atoms with E-state index < -0.39 is 5.91 Å². The summed E-state index contributed by atoms with van der Waals surface area (Å²) in [5.74, 6) is -0.431. The molecular weight excluding hydrogens is 576 g/mol. The van der Waals surface area contributed by atoms with E-state index >= 15 is 0 Å². The molecule has 3 aromatic carbocycles. The summed E-state index contributed by atoms with van der Waals surface area (Å²) in [5, 5.41) is 15.5. The van der Waals surface area contributed by atoms with Gasteiger partial charge in [0.25, 0.3) is 11.8 Å². The van der Waals surface area contributed by atoms with Gasteiger partial charge in [-0.25, -0.2) is 0 Å². The largest absolute Gasteiger partial charge is 0.484 e. The number of carbonyl (C=O) groups is 2. The summed E-state index contributed by atoms with van der Waals surface area (Å²) in [6.07, 6.45) is 1.43. The maximum absolute atomic E-state index is 12.5. The lowest BCUT2D eigenvalue weighted by Crippen LogP contribution is -2.20. The van der Waals surface area contributed by atoms with Gasteiger partial charge in [0.15, 0.2) is 6.61 Å². The number of rotatable bonds is 7. The fraction of sp³-hybridized carbons (Fsp3) is 0.0417. The Morgan fingerprint density at radius 3 is 2.42 bits per heavy atom. The van der Waals surface area contributed by atoms with Crippen LogP contribution in [-0.2, 0) is 9.59 Å². The lowest BCUT2D eigenvalue weighted by atomic mass is 10.1. The molecule has 166 valence electrons. The summed E-state index contributed by atoms with van der Waals surface area (Å²) >= 11 is 14.1. The molecule has 0 heterocycles. The Bertz CT molecular complexity index is 1250. The van der Waals surface area contributed by atoms with Crippen molar-refractivity contribution in [2.45, 2.75) is 0 Å². The normalized spacial score (nSPS) is 10.8. The Morgan fingerprint density at radius 1 is 1.00 bits per heavy atom. The number of carbonyl (C=O) groups excluding carboxylic acids is 2. The summed E-state index contributed by atoms with van der Waals surface area (Å²) in [6.45, 7) is -0.160. The average Bonchev–Trinajstić information content (AvgIpc) is 2.80. The number of halogens is 3. The van der Waals surface area contributed by atoms with Crippen molar-refractivity contribution in [3.63, 3.8) is 0 Å². The van der Waals surface area contributed by atoms with Gasteiger partial charge in [-0.2, -0.15) is 5.26 Å². The van der Waals surface area contributed by atoms with Gasteiger partial charge >= 0.3 is 0 Å². The number of nitrogens with zero attached hydrogens (tertiary/aromatic N) is 1. The summed E-state index contributed by atoms with van der Waals surface area (Å²) in [7, 11) is 0. The first-order valence-corrected chi connectivity index (χ1v) is 11.3. The molecule has 0 atom stereocenters. The lowest BCUT2D eigenvalue weighted by molar-refractivity contribution is -0.118. The van der Waals surface area contributed by atoms with E-state index in [4.69, 9.17) is 27.9 Å². The van der Waals surface area contributed by atoms with Gasteiger partial charge in [-0.1, -0.05) is 47.5 Å². The molecule has 6 nitrogen and oxygen atoms in total. The predicted octanol–water partition coefficient (Wildman–Crippen LogP) is 6.16. The van der Waals surface area contributed by atoms with Gasteiger partial charge in [-0.15, -0.1) is 0 Å². The van der Waals surface area contributed by atoms with E-state index in [2.05, 4.69) is 33.2 Å². The highest BCUT2D eigenvalue weighted by atomic mass is 127. The van der Waals surface area contributed by atoms with Crippen LogP contribution < -0.4 is 15.4 Å². The number of para-hydroxylation sites is 1. The molecule has 3 aromatic rings. The Morgan fingerprint density at radius 2 is 1.73 bits per heavy atom. The molecule has 0 saturated heterocycles. The molecule has 2 amide bonds. The van der Waals surface area contributed by atoms with E-state index in [-0.39, 0.29) is 18.1 Å². The van der Waals surface area contributed by atoms with Gasteiger partial charge in [0.1, 0.15) is 17.4 Å². The standard InChI is InChI=1S/C24H16Cl2IN3O3/c25-17-7-10-19(26)22(12-17)30-24(32)16(13-28)11-15-5-8-18(9-6-15)33-14-23(31)29-21-4-2-1-3-20(21)27/h1-12H,14H2,(H,29,31)(H,30,32)/b16-11-. The van der Waals surface area contributed by atoms with Crippen LogP contribution in [0.25, 0.3) is 6.08 Å². The molecule has 0 aliphatic heterocycles. The summed E-state index contributed by atoms with van der Waals surface area (Å²) < 4.78 is 6.44. The summed E-state index contributed by atoms with van der Waals surface area (Å²) in [5.41, 5.74) is 1.52. The third-order valence-corrected chi connectivity index (χ3v) is 5.76. The highest BCUT2D eigenvalue weighted by Gasteiger charge is 2.12. The zero-order chi connectivity index (χ0) is 23.8. The van der Waals surface area contributed by atoms with Crippen molar-refractivity contribution in [3.8, 4) is 11.8 Å². The van der Waals surface area contributed by atoms with Crippen LogP contribution in [0.4, 0.5) is 11.4 Å². The van der Waals surface area contributed by atoms with Gasteiger partial charge in [-0.05, 0) is 76.7 Å². The van der Waals surface area contributed by atoms with Gasteiger partial charge < -0.3 is 15.4 Å². The first-order valence-electron chi connectivity index (χ1n) is 9.51. The van der Waals surface area contributed by atoms with Crippen molar-refractivity contribution < 1.29 is 14.3 Å². The first kappa shape index (κ1) is 24.6. The molecule has 0 radical (unpaired) electrons. The second-order valence-electron chi connectivity index (χ2n) is 6.63. The number of hydrogen-bond donors (Lipinski definition) is 2. The lowest BCUT2D eigenvalue weighted by Gasteiger charge is -2.09. The van der Waals surface area contributed by atoms with Crippen molar-refractivity contribution in [2.24, 2.45) is 0 Å². The SMILES string of the molecule is N#C/C(=C/c1ccc(OCC(=O)Nc2ccccc2I)cc1)C(=O)Nc1cc(Cl)ccc1Cl. The maximum Gasteiger partial charge on any atom is 0.266 e. The number of benzene rings is 3. The van der Waals surface area contributed by atoms with E-state index in [1.807, 2.05) is 30.3 Å². The molecule has 2 N–H and O–H groups in total. The fourth-order valence-corrected chi connectivity index (χ4v) is 3.52. The van der Waals surface area contributed by atoms with Crippen molar-refractivity contribution >= 4 is 75.1 Å². The van der Waals surface area contributed by atoms with Crippen molar-refractivity contribution in [2.75, 3.05) is 17.2 Å². The molecular formula is C24H16Cl2IN3O3. The van der Waals surface area contributed by atoms with Crippen LogP contribution >= 0.6 is 45.8 Å². The van der Waals surface area contributed by atoms with E-state index in [0.29, 0.717) is 32.7 Å². The molecule has 0 spiro atoms. The third kappa shape index (κ3) is 7.22. The molecule has 3 rings (SSSR count). The zero-order valence-corrected chi connectivity index (χ0v) is 20.6. The predicted molar refractivity (Wildman–Crippen MR) is 138 cm³/mol. The quantitative estimate of drug-likeness (QED) is 0.195. The molecule has 33 heavy (non-hydrogen) atoms. The first-order chi connectivity index (χ1) is 15.9. The van der Waals surface area contributed by atoms with E-state index in [0.717, 1.165) is 3.57 Å². The van der Waals surface area contributed by atoms with E-state index in [9.17, 15) is 14.9 Å². The summed E-state index contributed by atoms with van der Waals surface area (Å²) in [4.78, 5) is 24.6. The number of ether oxygens (including phenoxy) is 1. The molecule has 0 bridgehead atoms. The minimum Gasteiger partial charge on any atom is -0.484 e. The topological polar surface area (TPSA) is 91.2 Å². The van der Waals surface area contributed by atoms with E-state index in [1.165, 1.54) is 12.1 Å². The second kappa shape index (κ2) is 11.7. The molecule has 9 heteroatoms. The van der Waals surface area contributed by atoms with Crippen molar-refractivity contribution in [1.82, 2.24) is 0 Å². The minimum atomic E-state index is -0.616. The molecule has 0 fully saturated rings. The monoisotopic (exact) mass is 591 g/mol. The smallest absolute Gasteiger partial charge is 0.266 e. The number of nitriles is 1. The van der Waals surface area contributed by atoms with Crippen molar-refractivity contribution in [1.29, 1.82) is 5.26 Å². The zero-order valence-electron chi connectivity index (χ0n) is 16.9. The number of amides is 2. The molecule has 0 aliphatic rings. The molecule has 0 unspecified atom stereocenters. The van der Waals surface area contributed by atoms with Gasteiger partial charge in [0.2, 0.25) is 0 Å². The van der Waals surface area contributed by atoms with Crippen LogP contribution in [0.5, 0.6) is 5.75 Å².